The molecule has 1 amide bonds. The van der Waals surface area contributed by atoms with Crippen molar-refractivity contribution in [2.75, 3.05) is 46.9 Å². The quantitative estimate of drug-likeness (QED) is 0.609. The normalized spacial score (nSPS) is 24.2. The maximum Gasteiger partial charge on any atom is 0.240 e. The molecule has 1 heterocycles. The minimum Gasteiger partial charge on any atom is -0.378 e. The van der Waals surface area contributed by atoms with Crippen molar-refractivity contribution in [2.45, 2.75) is 25.3 Å². The fourth-order valence-electron chi connectivity index (χ4n) is 1.87. The Morgan fingerprint density at radius 3 is 2.82 bits per heavy atom. The molecule has 1 aliphatic heterocycles. The SMILES string of the molecule is CN(C)CCOCCNC(=O)C1(C)CCCN1. The summed E-state index contributed by atoms with van der Waals surface area (Å²) in [6.07, 6.45) is 1.99. The largest absolute Gasteiger partial charge is 0.378 e. The lowest BCUT2D eigenvalue weighted by Gasteiger charge is -2.23. The average molecular weight is 243 g/mol. The van der Waals surface area contributed by atoms with E-state index in [0.29, 0.717) is 19.8 Å². The van der Waals surface area contributed by atoms with E-state index in [1.54, 1.807) is 0 Å². The predicted molar refractivity (Wildman–Crippen MR) is 68.0 cm³/mol. The molecule has 1 fully saturated rings. The molecule has 0 radical (unpaired) electrons. The zero-order valence-electron chi connectivity index (χ0n) is 11.2. The molecule has 2 N–H and O–H groups in total. The summed E-state index contributed by atoms with van der Waals surface area (Å²) in [5.74, 6) is 0.0891. The molecule has 0 aromatic heterocycles. The first kappa shape index (κ1) is 14.4. The van der Waals surface area contributed by atoms with Crippen molar-refractivity contribution in [2.24, 2.45) is 0 Å². The van der Waals surface area contributed by atoms with E-state index in [1.165, 1.54) is 0 Å². The van der Waals surface area contributed by atoms with Crippen molar-refractivity contribution < 1.29 is 9.53 Å². The van der Waals surface area contributed by atoms with E-state index in [9.17, 15) is 4.79 Å². The number of nitrogens with zero attached hydrogens (tertiary/aromatic N) is 1. The smallest absolute Gasteiger partial charge is 0.240 e. The third kappa shape index (κ3) is 5.02. The lowest BCUT2D eigenvalue weighted by atomic mass is 9.99. The van der Waals surface area contributed by atoms with Gasteiger partial charge >= 0.3 is 0 Å². The molecule has 1 unspecified atom stereocenters. The molecule has 0 bridgehead atoms. The molecule has 1 saturated heterocycles. The molecule has 0 aromatic carbocycles. The van der Waals surface area contributed by atoms with Crippen molar-refractivity contribution in [3.05, 3.63) is 0 Å². The molecule has 0 aromatic rings. The van der Waals surface area contributed by atoms with Crippen LogP contribution in [0.3, 0.4) is 0 Å². The monoisotopic (exact) mass is 243 g/mol. The lowest BCUT2D eigenvalue weighted by molar-refractivity contribution is -0.126. The first-order valence-corrected chi connectivity index (χ1v) is 6.30. The molecule has 5 heteroatoms. The summed E-state index contributed by atoms with van der Waals surface area (Å²) in [5.41, 5.74) is -0.371. The third-order valence-corrected chi connectivity index (χ3v) is 3.08. The zero-order chi connectivity index (χ0) is 12.7. The maximum atomic E-state index is 11.9. The van der Waals surface area contributed by atoms with Gasteiger partial charge in [0.1, 0.15) is 0 Å². The Kier molecular flexibility index (Phi) is 5.88. The van der Waals surface area contributed by atoms with Gasteiger partial charge in [-0.25, -0.2) is 0 Å². The summed E-state index contributed by atoms with van der Waals surface area (Å²) in [6.45, 7) is 5.68. The Bertz CT molecular complexity index is 238. The van der Waals surface area contributed by atoms with Crippen LogP contribution in [-0.4, -0.2) is 63.3 Å². The molecule has 5 nitrogen and oxygen atoms in total. The number of ether oxygens (including phenoxy) is 1. The topological polar surface area (TPSA) is 53.6 Å². The van der Waals surface area contributed by atoms with Gasteiger partial charge in [-0.05, 0) is 40.4 Å². The first-order chi connectivity index (χ1) is 8.04. The standard InChI is InChI=1S/C12H25N3O2/c1-12(5-4-6-14-12)11(16)13-7-9-17-10-8-15(2)3/h14H,4-10H2,1-3H3,(H,13,16). The Hall–Kier alpha value is -0.650. The first-order valence-electron chi connectivity index (χ1n) is 6.30. The van der Waals surface area contributed by atoms with Crippen LogP contribution in [-0.2, 0) is 9.53 Å². The lowest BCUT2D eigenvalue weighted by Crippen LogP contribution is -2.51. The number of hydrogen-bond donors (Lipinski definition) is 2. The fourth-order valence-corrected chi connectivity index (χ4v) is 1.87. The average Bonchev–Trinajstić information content (AvgIpc) is 2.71. The van der Waals surface area contributed by atoms with Crippen LogP contribution < -0.4 is 10.6 Å². The summed E-state index contributed by atoms with van der Waals surface area (Å²) in [4.78, 5) is 13.9. The van der Waals surface area contributed by atoms with Crippen molar-refractivity contribution in [1.82, 2.24) is 15.5 Å². The molecule has 0 aliphatic carbocycles. The number of likely N-dealkylation sites (N-methyl/N-ethyl adjacent to an activating group) is 1. The van der Waals surface area contributed by atoms with E-state index in [1.807, 2.05) is 21.0 Å². The minimum absolute atomic E-state index is 0.0891. The van der Waals surface area contributed by atoms with Crippen LogP contribution in [0.5, 0.6) is 0 Å². The highest BCUT2D eigenvalue weighted by atomic mass is 16.5. The molecule has 0 saturated carbocycles. The summed E-state index contributed by atoms with van der Waals surface area (Å²) in [7, 11) is 4.02. The van der Waals surface area contributed by atoms with E-state index in [-0.39, 0.29) is 11.4 Å². The van der Waals surface area contributed by atoms with Gasteiger partial charge in [-0.3, -0.25) is 4.79 Å². The van der Waals surface area contributed by atoms with Gasteiger partial charge in [-0.1, -0.05) is 0 Å². The van der Waals surface area contributed by atoms with E-state index in [2.05, 4.69) is 15.5 Å². The van der Waals surface area contributed by atoms with E-state index in [4.69, 9.17) is 4.74 Å². The maximum absolute atomic E-state index is 11.9. The predicted octanol–water partition coefficient (Wildman–Crippen LogP) is -0.177. The highest BCUT2D eigenvalue weighted by Crippen LogP contribution is 2.17. The van der Waals surface area contributed by atoms with Gasteiger partial charge in [-0.15, -0.1) is 0 Å². The van der Waals surface area contributed by atoms with Crippen LogP contribution in [0.15, 0.2) is 0 Å². The van der Waals surface area contributed by atoms with Crippen molar-refractivity contribution >= 4 is 5.91 Å². The minimum atomic E-state index is -0.371. The molecular weight excluding hydrogens is 218 g/mol. The van der Waals surface area contributed by atoms with E-state index >= 15 is 0 Å². The van der Waals surface area contributed by atoms with Crippen LogP contribution in [0.2, 0.25) is 0 Å². The second-order valence-corrected chi connectivity index (χ2v) is 5.03. The molecular formula is C12H25N3O2. The molecule has 0 spiro atoms. The Balaban J connectivity index is 2.04. The van der Waals surface area contributed by atoms with Crippen LogP contribution in [0.4, 0.5) is 0 Å². The highest BCUT2D eigenvalue weighted by molar-refractivity contribution is 5.86. The van der Waals surface area contributed by atoms with Gasteiger partial charge in [-0.2, -0.15) is 0 Å². The van der Waals surface area contributed by atoms with Gasteiger partial charge in [0.05, 0.1) is 18.8 Å². The second kappa shape index (κ2) is 6.93. The molecule has 1 aliphatic rings. The Morgan fingerprint density at radius 2 is 2.24 bits per heavy atom. The second-order valence-electron chi connectivity index (χ2n) is 5.03. The Morgan fingerprint density at radius 1 is 1.47 bits per heavy atom. The van der Waals surface area contributed by atoms with Crippen molar-refractivity contribution in [1.29, 1.82) is 0 Å². The summed E-state index contributed by atoms with van der Waals surface area (Å²) in [6, 6.07) is 0. The number of carbonyl (C=O) groups is 1. The van der Waals surface area contributed by atoms with E-state index in [0.717, 1.165) is 25.9 Å². The Labute approximate surface area is 104 Å². The van der Waals surface area contributed by atoms with Crippen LogP contribution >= 0.6 is 0 Å². The van der Waals surface area contributed by atoms with Crippen molar-refractivity contribution in [3.8, 4) is 0 Å². The van der Waals surface area contributed by atoms with Gasteiger partial charge in [0.15, 0.2) is 0 Å². The van der Waals surface area contributed by atoms with Crippen LogP contribution in [0.25, 0.3) is 0 Å². The summed E-state index contributed by atoms with van der Waals surface area (Å²) >= 11 is 0. The number of nitrogens with one attached hydrogen (secondary N) is 2. The van der Waals surface area contributed by atoms with Crippen LogP contribution in [0.1, 0.15) is 19.8 Å². The van der Waals surface area contributed by atoms with Gasteiger partial charge in [0.2, 0.25) is 5.91 Å². The van der Waals surface area contributed by atoms with Gasteiger partial charge in [0.25, 0.3) is 0 Å². The van der Waals surface area contributed by atoms with Crippen LogP contribution in [0, 0.1) is 0 Å². The molecule has 17 heavy (non-hydrogen) atoms. The van der Waals surface area contributed by atoms with Crippen molar-refractivity contribution in [3.63, 3.8) is 0 Å². The van der Waals surface area contributed by atoms with Gasteiger partial charge < -0.3 is 20.3 Å². The molecule has 100 valence electrons. The summed E-state index contributed by atoms with van der Waals surface area (Å²) in [5, 5.41) is 6.15. The number of hydrogen-bond acceptors (Lipinski definition) is 4. The highest BCUT2D eigenvalue weighted by Gasteiger charge is 2.35. The third-order valence-electron chi connectivity index (χ3n) is 3.08. The number of rotatable bonds is 7. The molecule has 1 rings (SSSR count). The summed E-state index contributed by atoms with van der Waals surface area (Å²) < 4.78 is 5.41. The van der Waals surface area contributed by atoms with Gasteiger partial charge in [0, 0.05) is 13.1 Å². The van der Waals surface area contributed by atoms with E-state index < -0.39 is 0 Å². The fraction of sp³-hybridized carbons (Fsp3) is 0.917. The zero-order valence-corrected chi connectivity index (χ0v) is 11.2. The molecule has 1 atom stereocenters. The number of carbonyl (C=O) groups excluding carboxylic acids is 1. The number of amides is 1.